The van der Waals surface area contributed by atoms with Crippen LogP contribution in [-0.4, -0.2) is 60.9 Å². The number of carbonyl (C=O) groups excluding carboxylic acids is 2. The zero-order valence-corrected chi connectivity index (χ0v) is 18.9. The van der Waals surface area contributed by atoms with E-state index in [4.69, 9.17) is 0 Å². The van der Waals surface area contributed by atoms with E-state index in [1.54, 1.807) is 0 Å². The smallest absolute Gasteiger partial charge is 0.261 e. The maximum atomic E-state index is 13.0. The van der Waals surface area contributed by atoms with Gasteiger partial charge in [-0.15, -0.1) is 12.4 Å². The van der Waals surface area contributed by atoms with Crippen molar-refractivity contribution in [3.05, 3.63) is 77.9 Å². The molecule has 2 heterocycles. The van der Waals surface area contributed by atoms with Gasteiger partial charge in [-0.2, -0.15) is 0 Å². The number of unbranched alkanes of at least 4 members (excludes halogenated alkanes) is 1. The fourth-order valence-corrected chi connectivity index (χ4v) is 4.76. The lowest BCUT2D eigenvalue weighted by molar-refractivity contribution is 0.0606. The van der Waals surface area contributed by atoms with Crippen LogP contribution in [0.5, 0.6) is 0 Å². The average molecular weight is 450 g/mol. The van der Waals surface area contributed by atoms with Gasteiger partial charge in [0.15, 0.2) is 0 Å². The van der Waals surface area contributed by atoms with Crippen LogP contribution in [0.25, 0.3) is 10.8 Å². The molecule has 3 aromatic carbocycles. The predicted molar refractivity (Wildman–Crippen MR) is 131 cm³/mol. The summed E-state index contributed by atoms with van der Waals surface area (Å²) in [5.41, 5.74) is 2.58. The summed E-state index contributed by atoms with van der Waals surface area (Å²) in [5.74, 6) is -0.323. The first-order valence-corrected chi connectivity index (χ1v) is 11.1. The Labute approximate surface area is 195 Å². The second-order valence-corrected chi connectivity index (χ2v) is 8.34. The lowest BCUT2D eigenvalue weighted by Crippen LogP contribution is -2.46. The van der Waals surface area contributed by atoms with E-state index in [0.717, 1.165) is 56.3 Å². The molecule has 32 heavy (non-hydrogen) atoms. The molecule has 0 aliphatic carbocycles. The molecule has 0 aromatic heterocycles. The normalized spacial score (nSPS) is 16.4. The zero-order valence-electron chi connectivity index (χ0n) is 18.1. The number of halogens is 1. The van der Waals surface area contributed by atoms with E-state index in [2.05, 4.69) is 40.1 Å². The number of hydrogen-bond acceptors (Lipinski definition) is 4. The lowest BCUT2D eigenvalue weighted by atomic mass is 9.94. The van der Waals surface area contributed by atoms with Crippen molar-refractivity contribution >= 4 is 40.7 Å². The van der Waals surface area contributed by atoms with Gasteiger partial charge in [-0.3, -0.25) is 19.4 Å². The SMILES string of the molecule is Cl.O=C1c2cccc3cccc(c23)C(=O)N1CCCCN1CCN(c2ccccc2)CC1. The number of hydrogen-bond donors (Lipinski definition) is 0. The van der Waals surface area contributed by atoms with Crippen LogP contribution >= 0.6 is 12.4 Å². The summed E-state index contributed by atoms with van der Waals surface area (Å²) in [6.45, 7) is 5.65. The molecule has 2 amide bonds. The summed E-state index contributed by atoms with van der Waals surface area (Å²) in [6, 6.07) is 21.9. The van der Waals surface area contributed by atoms with Crippen molar-refractivity contribution in [1.29, 1.82) is 0 Å². The average Bonchev–Trinajstić information content (AvgIpc) is 2.83. The van der Waals surface area contributed by atoms with Gasteiger partial charge >= 0.3 is 0 Å². The fourth-order valence-electron chi connectivity index (χ4n) is 4.76. The number of benzene rings is 3. The molecule has 5 nitrogen and oxygen atoms in total. The molecule has 0 unspecified atom stereocenters. The highest BCUT2D eigenvalue weighted by atomic mass is 35.5. The van der Waals surface area contributed by atoms with Gasteiger partial charge in [0.05, 0.1) is 0 Å². The van der Waals surface area contributed by atoms with E-state index in [-0.39, 0.29) is 24.2 Å². The van der Waals surface area contributed by atoms with Crippen molar-refractivity contribution in [3.8, 4) is 0 Å². The Bertz CT molecular complexity index is 1060. The second-order valence-electron chi connectivity index (χ2n) is 8.34. The highest BCUT2D eigenvalue weighted by Gasteiger charge is 2.32. The standard InChI is InChI=1S/C26H27N3O2.ClH/c30-25-22-12-6-8-20-9-7-13-23(24(20)22)26(31)29(25)15-5-4-14-27-16-18-28(19-17-27)21-10-2-1-3-11-21;/h1-3,6-13H,4-5,14-19H2;1H. The van der Waals surface area contributed by atoms with Crippen LogP contribution in [0.4, 0.5) is 5.69 Å². The summed E-state index contributed by atoms with van der Waals surface area (Å²) in [6.07, 6.45) is 1.81. The van der Waals surface area contributed by atoms with E-state index in [1.807, 2.05) is 36.4 Å². The predicted octanol–water partition coefficient (Wildman–Crippen LogP) is 4.46. The Morgan fingerprint density at radius 1 is 0.656 bits per heavy atom. The first-order valence-electron chi connectivity index (χ1n) is 11.1. The first kappa shape index (κ1) is 22.3. The third kappa shape index (κ3) is 4.23. The minimum atomic E-state index is -0.161. The monoisotopic (exact) mass is 449 g/mol. The summed E-state index contributed by atoms with van der Waals surface area (Å²) < 4.78 is 0. The molecule has 0 atom stereocenters. The van der Waals surface area contributed by atoms with Crippen molar-refractivity contribution in [1.82, 2.24) is 9.80 Å². The molecule has 0 N–H and O–H groups in total. The molecule has 166 valence electrons. The number of rotatable bonds is 6. The van der Waals surface area contributed by atoms with Gasteiger partial charge < -0.3 is 4.90 Å². The Morgan fingerprint density at radius 2 is 1.25 bits per heavy atom. The molecular formula is C26H28ClN3O2. The van der Waals surface area contributed by atoms with Crippen molar-refractivity contribution in [2.45, 2.75) is 12.8 Å². The van der Waals surface area contributed by atoms with Crippen LogP contribution in [0.15, 0.2) is 66.7 Å². The highest BCUT2D eigenvalue weighted by molar-refractivity contribution is 6.25. The zero-order chi connectivity index (χ0) is 21.2. The maximum Gasteiger partial charge on any atom is 0.261 e. The highest BCUT2D eigenvalue weighted by Crippen LogP contribution is 2.30. The molecule has 5 rings (SSSR count). The van der Waals surface area contributed by atoms with E-state index in [0.29, 0.717) is 17.7 Å². The fraction of sp³-hybridized carbons (Fsp3) is 0.308. The van der Waals surface area contributed by atoms with E-state index >= 15 is 0 Å². The Balaban J connectivity index is 0.00000245. The minimum absolute atomic E-state index is 0. The van der Waals surface area contributed by atoms with Crippen LogP contribution in [0, 0.1) is 0 Å². The number of para-hydroxylation sites is 1. The molecular weight excluding hydrogens is 422 g/mol. The number of imide groups is 1. The largest absolute Gasteiger partial charge is 0.369 e. The van der Waals surface area contributed by atoms with Crippen molar-refractivity contribution in [3.63, 3.8) is 0 Å². The van der Waals surface area contributed by atoms with Gasteiger partial charge in [-0.25, -0.2) is 0 Å². The number of carbonyl (C=O) groups is 2. The Hall–Kier alpha value is -2.89. The molecule has 1 fully saturated rings. The number of nitrogens with zero attached hydrogens (tertiary/aromatic N) is 3. The summed E-state index contributed by atoms with van der Waals surface area (Å²) in [4.78, 5) is 32.3. The molecule has 3 aromatic rings. The quantitative estimate of drug-likeness (QED) is 0.411. The molecule has 2 aliphatic heterocycles. The summed E-state index contributed by atoms with van der Waals surface area (Å²) >= 11 is 0. The molecule has 0 saturated carbocycles. The maximum absolute atomic E-state index is 13.0. The van der Waals surface area contributed by atoms with Gasteiger partial charge in [0.1, 0.15) is 0 Å². The molecule has 2 aliphatic rings. The minimum Gasteiger partial charge on any atom is -0.369 e. The van der Waals surface area contributed by atoms with Crippen LogP contribution in [0.2, 0.25) is 0 Å². The first-order chi connectivity index (χ1) is 15.2. The van der Waals surface area contributed by atoms with Gasteiger partial charge in [0.25, 0.3) is 11.8 Å². The molecule has 0 radical (unpaired) electrons. The van der Waals surface area contributed by atoms with Crippen LogP contribution < -0.4 is 4.90 Å². The summed E-state index contributed by atoms with van der Waals surface area (Å²) in [7, 11) is 0. The molecule has 0 bridgehead atoms. The Kier molecular flexibility index (Phi) is 6.77. The molecule has 6 heteroatoms. The number of anilines is 1. The van der Waals surface area contributed by atoms with Crippen LogP contribution in [-0.2, 0) is 0 Å². The van der Waals surface area contributed by atoms with Crippen molar-refractivity contribution < 1.29 is 9.59 Å². The lowest BCUT2D eigenvalue weighted by Gasteiger charge is -2.36. The van der Waals surface area contributed by atoms with Crippen molar-refractivity contribution in [2.75, 3.05) is 44.2 Å². The number of piperazine rings is 1. The van der Waals surface area contributed by atoms with Gasteiger partial charge in [0, 0.05) is 54.9 Å². The number of amides is 2. The topological polar surface area (TPSA) is 43.9 Å². The third-order valence-corrected chi connectivity index (χ3v) is 6.46. The summed E-state index contributed by atoms with van der Waals surface area (Å²) in [5, 5.41) is 1.75. The van der Waals surface area contributed by atoms with Crippen molar-refractivity contribution in [2.24, 2.45) is 0 Å². The second kappa shape index (κ2) is 9.72. The van der Waals surface area contributed by atoms with Gasteiger partial charge in [-0.1, -0.05) is 42.5 Å². The Morgan fingerprint density at radius 3 is 1.88 bits per heavy atom. The third-order valence-electron chi connectivity index (χ3n) is 6.46. The van der Waals surface area contributed by atoms with E-state index in [9.17, 15) is 9.59 Å². The van der Waals surface area contributed by atoms with Crippen LogP contribution in [0.3, 0.4) is 0 Å². The van der Waals surface area contributed by atoms with Crippen LogP contribution in [0.1, 0.15) is 33.6 Å². The molecule has 1 saturated heterocycles. The van der Waals surface area contributed by atoms with Gasteiger partial charge in [-0.05, 0) is 49.0 Å². The van der Waals surface area contributed by atoms with Gasteiger partial charge in [0.2, 0.25) is 0 Å². The van der Waals surface area contributed by atoms with E-state index < -0.39 is 0 Å². The molecule has 0 spiro atoms. The van der Waals surface area contributed by atoms with E-state index in [1.165, 1.54) is 10.6 Å².